The highest BCUT2D eigenvalue weighted by atomic mass is 15.1. The Morgan fingerprint density at radius 1 is 1.12 bits per heavy atom. The molecule has 0 saturated heterocycles. The third-order valence-corrected chi connectivity index (χ3v) is 2.39. The molecule has 17 heavy (non-hydrogen) atoms. The van der Waals surface area contributed by atoms with Crippen molar-refractivity contribution in [2.75, 3.05) is 18.4 Å². The summed E-state index contributed by atoms with van der Waals surface area (Å²) in [6.07, 6.45) is 2.68. The van der Waals surface area contributed by atoms with Crippen LogP contribution < -0.4 is 11.1 Å². The molecule has 0 atom stereocenters. The molecule has 2 aromatic rings. The fraction of sp³-hybridized carbons (Fsp3) is 0.231. The molecule has 1 aromatic heterocycles. The lowest BCUT2D eigenvalue weighted by Crippen LogP contribution is -2.10. The largest absolute Gasteiger partial charge is 0.354 e. The topological polar surface area (TPSA) is 63.8 Å². The standard InChI is InChI=1S/C13H16N4/c14-8-4-9-15-13-16-10-7-12(17-13)11-5-2-1-3-6-11/h1-3,5-7,10H,4,8-9,14H2,(H,15,16,17). The van der Waals surface area contributed by atoms with Crippen LogP contribution in [-0.2, 0) is 0 Å². The van der Waals surface area contributed by atoms with E-state index in [2.05, 4.69) is 15.3 Å². The molecule has 88 valence electrons. The number of hydrogen-bond donors (Lipinski definition) is 2. The maximum absolute atomic E-state index is 5.43. The molecule has 0 spiro atoms. The van der Waals surface area contributed by atoms with Gasteiger partial charge >= 0.3 is 0 Å². The van der Waals surface area contributed by atoms with Crippen molar-refractivity contribution < 1.29 is 0 Å². The Morgan fingerprint density at radius 3 is 2.71 bits per heavy atom. The minimum Gasteiger partial charge on any atom is -0.354 e. The van der Waals surface area contributed by atoms with Gasteiger partial charge in [0.15, 0.2) is 0 Å². The summed E-state index contributed by atoms with van der Waals surface area (Å²) in [4.78, 5) is 8.63. The second kappa shape index (κ2) is 5.96. The third-order valence-electron chi connectivity index (χ3n) is 2.39. The van der Waals surface area contributed by atoms with Gasteiger partial charge in [-0.15, -0.1) is 0 Å². The van der Waals surface area contributed by atoms with E-state index in [0.717, 1.165) is 24.2 Å². The molecule has 0 saturated carbocycles. The Hall–Kier alpha value is -1.94. The number of benzene rings is 1. The van der Waals surface area contributed by atoms with Gasteiger partial charge in [-0.2, -0.15) is 0 Å². The van der Waals surface area contributed by atoms with E-state index in [1.54, 1.807) is 6.20 Å². The van der Waals surface area contributed by atoms with Crippen LogP contribution in [0.4, 0.5) is 5.95 Å². The molecule has 2 rings (SSSR count). The molecule has 0 bridgehead atoms. The van der Waals surface area contributed by atoms with Crippen molar-refractivity contribution in [1.82, 2.24) is 9.97 Å². The van der Waals surface area contributed by atoms with Gasteiger partial charge in [-0.05, 0) is 19.0 Å². The lowest BCUT2D eigenvalue weighted by molar-refractivity contribution is 0.864. The first-order chi connectivity index (χ1) is 8.40. The summed E-state index contributed by atoms with van der Waals surface area (Å²) in [5, 5.41) is 3.15. The Balaban J connectivity index is 2.12. The van der Waals surface area contributed by atoms with Crippen LogP contribution in [0.1, 0.15) is 6.42 Å². The Kier molecular flexibility index (Phi) is 4.05. The molecule has 3 N–H and O–H groups in total. The molecular weight excluding hydrogens is 212 g/mol. The van der Waals surface area contributed by atoms with Crippen LogP contribution >= 0.6 is 0 Å². The van der Waals surface area contributed by atoms with Gasteiger partial charge in [0.05, 0.1) is 5.69 Å². The summed E-state index contributed by atoms with van der Waals surface area (Å²) in [6, 6.07) is 12.0. The number of anilines is 1. The van der Waals surface area contributed by atoms with Crippen LogP contribution in [0.25, 0.3) is 11.3 Å². The smallest absolute Gasteiger partial charge is 0.223 e. The Bertz CT molecular complexity index is 456. The molecule has 0 amide bonds. The summed E-state index contributed by atoms with van der Waals surface area (Å²) < 4.78 is 0. The second-order valence-electron chi connectivity index (χ2n) is 3.70. The first kappa shape index (κ1) is 11.5. The zero-order valence-electron chi connectivity index (χ0n) is 9.63. The lowest BCUT2D eigenvalue weighted by atomic mass is 10.1. The van der Waals surface area contributed by atoms with Gasteiger partial charge in [-0.1, -0.05) is 30.3 Å². The van der Waals surface area contributed by atoms with Crippen molar-refractivity contribution >= 4 is 5.95 Å². The zero-order chi connectivity index (χ0) is 11.9. The highest BCUT2D eigenvalue weighted by Crippen LogP contribution is 2.16. The minimum absolute atomic E-state index is 0.653. The minimum atomic E-state index is 0.653. The predicted molar refractivity (Wildman–Crippen MR) is 69.6 cm³/mol. The molecule has 0 fully saturated rings. The van der Waals surface area contributed by atoms with Crippen molar-refractivity contribution in [1.29, 1.82) is 0 Å². The average Bonchev–Trinajstić information content (AvgIpc) is 2.41. The number of nitrogens with two attached hydrogens (primary N) is 1. The fourth-order valence-electron chi connectivity index (χ4n) is 1.52. The van der Waals surface area contributed by atoms with Crippen molar-refractivity contribution in [2.45, 2.75) is 6.42 Å². The quantitative estimate of drug-likeness (QED) is 0.767. The third kappa shape index (κ3) is 3.26. The lowest BCUT2D eigenvalue weighted by Gasteiger charge is -2.05. The molecular formula is C13H16N4. The van der Waals surface area contributed by atoms with Crippen molar-refractivity contribution in [3.63, 3.8) is 0 Å². The monoisotopic (exact) mass is 228 g/mol. The van der Waals surface area contributed by atoms with Crippen LogP contribution in [0.3, 0.4) is 0 Å². The van der Waals surface area contributed by atoms with Gasteiger partial charge in [0, 0.05) is 18.3 Å². The van der Waals surface area contributed by atoms with Gasteiger partial charge in [-0.3, -0.25) is 0 Å². The van der Waals surface area contributed by atoms with E-state index < -0.39 is 0 Å². The summed E-state index contributed by atoms with van der Waals surface area (Å²) in [5.41, 5.74) is 7.45. The van der Waals surface area contributed by atoms with Crippen LogP contribution in [-0.4, -0.2) is 23.1 Å². The number of hydrogen-bond acceptors (Lipinski definition) is 4. The second-order valence-corrected chi connectivity index (χ2v) is 3.70. The highest BCUT2D eigenvalue weighted by molar-refractivity contribution is 5.59. The zero-order valence-corrected chi connectivity index (χ0v) is 9.63. The molecule has 0 aliphatic heterocycles. The molecule has 0 aliphatic rings. The molecule has 4 heteroatoms. The summed E-state index contributed by atoms with van der Waals surface area (Å²) in [7, 11) is 0. The summed E-state index contributed by atoms with van der Waals surface area (Å²) in [6.45, 7) is 1.47. The van der Waals surface area contributed by atoms with Crippen LogP contribution in [0, 0.1) is 0 Å². The SMILES string of the molecule is NCCCNc1nccc(-c2ccccc2)n1. The van der Waals surface area contributed by atoms with E-state index in [4.69, 9.17) is 5.73 Å². The van der Waals surface area contributed by atoms with E-state index in [1.165, 1.54) is 0 Å². The molecule has 1 heterocycles. The normalized spacial score (nSPS) is 10.2. The number of aromatic nitrogens is 2. The van der Waals surface area contributed by atoms with Crippen molar-refractivity contribution in [3.05, 3.63) is 42.6 Å². The summed E-state index contributed by atoms with van der Waals surface area (Å²) in [5.74, 6) is 0.653. The van der Waals surface area contributed by atoms with E-state index in [9.17, 15) is 0 Å². The van der Waals surface area contributed by atoms with Gasteiger partial charge in [0.2, 0.25) is 5.95 Å². The molecule has 4 nitrogen and oxygen atoms in total. The van der Waals surface area contributed by atoms with Crippen LogP contribution in [0.15, 0.2) is 42.6 Å². The first-order valence-corrected chi connectivity index (χ1v) is 5.72. The first-order valence-electron chi connectivity index (χ1n) is 5.72. The fourth-order valence-corrected chi connectivity index (χ4v) is 1.52. The van der Waals surface area contributed by atoms with Gasteiger partial charge < -0.3 is 11.1 Å². The maximum atomic E-state index is 5.43. The van der Waals surface area contributed by atoms with Gasteiger partial charge in [0.1, 0.15) is 0 Å². The van der Waals surface area contributed by atoms with Crippen LogP contribution in [0.2, 0.25) is 0 Å². The number of nitrogens with one attached hydrogen (secondary N) is 1. The van der Waals surface area contributed by atoms with Crippen LogP contribution in [0.5, 0.6) is 0 Å². The highest BCUT2D eigenvalue weighted by Gasteiger charge is 2.00. The molecule has 0 unspecified atom stereocenters. The Morgan fingerprint density at radius 2 is 1.94 bits per heavy atom. The maximum Gasteiger partial charge on any atom is 0.223 e. The molecule has 0 radical (unpaired) electrons. The van der Waals surface area contributed by atoms with E-state index in [-0.39, 0.29) is 0 Å². The van der Waals surface area contributed by atoms with E-state index in [1.807, 2.05) is 36.4 Å². The van der Waals surface area contributed by atoms with Crippen molar-refractivity contribution in [2.24, 2.45) is 5.73 Å². The van der Waals surface area contributed by atoms with E-state index in [0.29, 0.717) is 12.5 Å². The van der Waals surface area contributed by atoms with Crippen molar-refractivity contribution in [3.8, 4) is 11.3 Å². The average molecular weight is 228 g/mol. The number of rotatable bonds is 5. The van der Waals surface area contributed by atoms with E-state index >= 15 is 0 Å². The predicted octanol–water partition coefficient (Wildman–Crippen LogP) is 1.90. The van der Waals surface area contributed by atoms with Gasteiger partial charge in [-0.25, -0.2) is 9.97 Å². The molecule has 0 aliphatic carbocycles. The molecule has 1 aromatic carbocycles. The Labute approximate surface area is 101 Å². The van der Waals surface area contributed by atoms with Gasteiger partial charge in [0.25, 0.3) is 0 Å². The summed E-state index contributed by atoms with van der Waals surface area (Å²) >= 11 is 0. The number of nitrogens with zero attached hydrogens (tertiary/aromatic N) is 2.